The molecule has 114 valence electrons. The van der Waals surface area contributed by atoms with Crippen LogP contribution in [-0.4, -0.2) is 22.0 Å². The van der Waals surface area contributed by atoms with Gasteiger partial charge in [-0.25, -0.2) is 9.78 Å². The summed E-state index contributed by atoms with van der Waals surface area (Å²) in [6, 6.07) is 8.54. The standard InChI is InChI=1S/C17H13N3O3/c1-9-4-12(17(22)23)3-2-11(9)6-14-13-5-10(7-18)8-19-15(13)20-16(14)21/h2-5,8,14H,6H2,1H3,(H,22,23)(H,19,20,21). The largest absolute Gasteiger partial charge is 0.478 e. The number of rotatable bonds is 3. The van der Waals surface area contributed by atoms with E-state index >= 15 is 0 Å². The number of aromatic nitrogens is 1. The maximum Gasteiger partial charge on any atom is 0.335 e. The number of amides is 1. The fourth-order valence-electron chi connectivity index (χ4n) is 2.74. The van der Waals surface area contributed by atoms with Crippen LogP contribution in [-0.2, 0) is 11.2 Å². The topological polar surface area (TPSA) is 103 Å². The van der Waals surface area contributed by atoms with E-state index in [1.165, 1.54) is 12.3 Å². The summed E-state index contributed by atoms with van der Waals surface area (Å²) in [7, 11) is 0. The van der Waals surface area contributed by atoms with Gasteiger partial charge in [-0.05, 0) is 42.7 Å². The van der Waals surface area contributed by atoms with Crippen LogP contribution in [0.4, 0.5) is 5.82 Å². The Labute approximate surface area is 132 Å². The van der Waals surface area contributed by atoms with E-state index in [0.717, 1.165) is 11.1 Å². The molecular formula is C17H13N3O3. The number of aromatic carboxylic acids is 1. The van der Waals surface area contributed by atoms with Crippen molar-refractivity contribution in [1.82, 2.24) is 4.98 Å². The lowest BCUT2D eigenvalue weighted by Gasteiger charge is -2.12. The van der Waals surface area contributed by atoms with Crippen LogP contribution in [0.25, 0.3) is 0 Å². The Hall–Kier alpha value is -3.20. The second kappa shape index (κ2) is 5.54. The summed E-state index contributed by atoms with van der Waals surface area (Å²) >= 11 is 0. The van der Waals surface area contributed by atoms with Gasteiger partial charge in [0.15, 0.2) is 0 Å². The highest BCUT2D eigenvalue weighted by Crippen LogP contribution is 2.34. The first-order chi connectivity index (χ1) is 11.0. The van der Waals surface area contributed by atoms with Gasteiger partial charge in [0, 0.05) is 11.8 Å². The van der Waals surface area contributed by atoms with Gasteiger partial charge in [0.1, 0.15) is 11.9 Å². The molecule has 0 radical (unpaired) electrons. The van der Waals surface area contributed by atoms with Gasteiger partial charge in [-0.2, -0.15) is 5.26 Å². The molecule has 1 aromatic heterocycles. The van der Waals surface area contributed by atoms with E-state index in [-0.39, 0.29) is 11.5 Å². The molecule has 0 saturated carbocycles. The summed E-state index contributed by atoms with van der Waals surface area (Å²) in [4.78, 5) is 27.3. The molecule has 23 heavy (non-hydrogen) atoms. The zero-order valence-corrected chi connectivity index (χ0v) is 12.3. The van der Waals surface area contributed by atoms with Crippen LogP contribution in [0.15, 0.2) is 30.5 Å². The molecule has 2 heterocycles. The Balaban J connectivity index is 1.94. The second-order valence-corrected chi connectivity index (χ2v) is 5.47. The number of hydrogen-bond donors (Lipinski definition) is 2. The SMILES string of the molecule is Cc1cc(C(=O)O)ccc1CC1C(=O)Nc2ncc(C#N)cc21. The molecule has 0 bridgehead atoms. The zero-order chi connectivity index (χ0) is 16.6. The maximum absolute atomic E-state index is 12.2. The number of pyridine rings is 1. The minimum atomic E-state index is -0.980. The van der Waals surface area contributed by atoms with Gasteiger partial charge in [-0.1, -0.05) is 6.07 Å². The zero-order valence-electron chi connectivity index (χ0n) is 12.3. The molecule has 1 atom stereocenters. The van der Waals surface area contributed by atoms with Crippen LogP contribution < -0.4 is 5.32 Å². The molecule has 0 saturated heterocycles. The summed E-state index contributed by atoms with van der Waals surface area (Å²) < 4.78 is 0. The van der Waals surface area contributed by atoms with E-state index in [4.69, 9.17) is 10.4 Å². The van der Waals surface area contributed by atoms with Gasteiger partial charge in [0.25, 0.3) is 0 Å². The predicted molar refractivity (Wildman–Crippen MR) is 82.2 cm³/mol. The molecule has 1 aliphatic rings. The third-order valence-corrected chi connectivity index (χ3v) is 3.99. The number of aryl methyl sites for hydroxylation is 1. The Morgan fingerprint density at radius 2 is 2.22 bits per heavy atom. The molecule has 2 N–H and O–H groups in total. The van der Waals surface area contributed by atoms with Crippen molar-refractivity contribution in [2.45, 2.75) is 19.3 Å². The molecule has 1 aliphatic heterocycles. The number of fused-ring (bicyclic) bond motifs is 1. The molecule has 1 aromatic carbocycles. The highest BCUT2D eigenvalue weighted by Gasteiger charge is 2.32. The third kappa shape index (κ3) is 2.64. The highest BCUT2D eigenvalue weighted by molar-refractivity contribution is 6.02. The predicted octanol–water partition coefficient (Wildman–Crippen LogP) is 2.24. The lowest BCUT2D eigenvalue weighted by molar-refractivity contribution is -0.117. The Bertz CT molecular complexity index is 868. The fourth-order valence-corrected chi connectivity index (χ4v) is 2.74. The van der Waals surface area contributed by atoms with Gasteiger partial charge in [-0.3, -0.25) is 4.79 Å². The van der Waals surface area contributed by atoms with Gasteiger partial charge in [0.2, 0.25) is 5.91 Å². The lowest BCUT2D eigenvalue weighted by atomic mass is 9.91. The summed E-state index contributed by atoms with van der Waals surface area (Å²) in [5.41, 5.74) is 3.04. The summed E-state index contributed by atoms with van der Waals surface area (Å²) in [5.74, 6) is -1.09. The minimum Gasteiger partial charge on any atom is -0.478 e. The molecule has 6 nitrogen and oxygen atoms in total. The number of hydrogen-bond acceptors (Lipinski definition) is 4. The molecule has 0 fully saturated rings. The number of anilines is 1. The molecule has 1 amide bonds. The van der Waals surface area contributed by atoms with Crippen molar-refractivity contribution >= 4 is 17.7 Å². The molecular weight excluding hydrogens is 294 g/mol. The van der Waals surface area contributed by atoms with Gasteiger partial charge >= 0.3 is 5.97 Å². The number of carboxylic acids is 1. The second-order valence-electron chi connectivity index (χ2n) is 5.47. The molecule has 2 aromatic rings. The van der Waals surface area contributed by atoms with E-state index in [2.05, 4.69) is 10.3 Å². The average molecular weight is 307 g/mol. The number of carbonyl (C=O) groups is 2. The molecule has 0 spiro atoms. The highest BCUT2D eigenvalue weighted by atomic mass is 16.4. The van der Waals surface area contributed by atoms with Crippen molar-refractivity contribution in [3.8, 4) is 6.07 Å². The third-order valence-electron chi connectivity index (χ3n) is 3.99. The van der Waals surface area contributed by atoms with Crippen LogP contribution in [0, 0.1) is 18.3 Å². The van der Waals surface area contributed by atoms with Crippen LogP contribution >= 0.6 is 0 Å². The Morgan fingerprint density at radius 3 is 2.87 bits per heavy atom. The van der Waals surface area contributed by atoms with E-state index in [9.17, 15) is 9.59 Å². The number of carboxylic acid groups (broad SMARTS) is 1. The summed E-state index contributed by atoms with van der Waals surface area (Å²) in [6.45, 7) is 1.82. The van der Waals surface area contributed by atoms with Crippen molar-refractivity contribution in [2.75, 3.05) is 5.32 Å². The Kier molecular flexibility index (Phi) is 3.54. The van der Waals surface area contributed by atoms with Crippen molar-refractivity contribution in [1.29, 1.82) is 5.26 Å². The minimum absolute atomic E-state index is 0.163. The first-order valence-electron chi connectivity index (χ1n) is 7.03. The molecule has 3 rings (SSSR count). The quantitative estimate of drug-likeness (QED) is 0.905. The van der Waals surface area contributed by atoms with Crippen LogP contribution in [0.1, 0.15) is 38.5 Å². The number of nitrogens with zero attached hydrogens (tertiary/aromatic N) is 2. The van der Waals surface area contributed by atoms with Gasteiger partial charge in [0.05, 0.1) is 17.0 Å². The van der Waals surface area contributed by atoms with Gasteiger partial charge in [-0.15, -0.1) is 0 Å². The lowest BCUT2D eigenvalue weighted by Crippen LogP contribution is -2.15. The van der Waals surface area contributed by atoms with Crippen LogP contribution in [0.2, 0.25) is 0 Å². The van der Waals surface area contributed by atoms with Crippen LogP contribution in [0.3, 0.4) is 0 Å². The van der Waals surface area contributed by atoms with E-state index in [1.807, 2.05) is 13.0 Å². The van der Waals surface area contributed by atoms with Crippen molar-refractivity contribution < 1.29 is 14.7 Å². The number of benzene rings is 1. The Morgan fingerprint density at radius 1 is 1.43 bits per heavy atom. The first kappa shape index (κ1) is 14.7. The van der Waals surface area contributed by atoms with E-state index in [0.29, 0.717) is 23.4 Å². The van der Waals surface area contributed by atoms with Crippen molar-refractivity contribution in [3.05, 3.63) is 58.3 Å². The van der Waals surface area contributed by atoms with E-state index in [1.54, 1.807) is 18.2 Å². The number of nitrogens with one attached hydrogen (secondary N) is 1. The summed E-state index contributed by atoms with van der Waals surface area (Å²) in [5, 5.41) is 20.7. The molecule has 0 aliphatic carbocycles. The summed E-state index contributed by atoms with van der Waals surface area (Å²) in [6.07, 6.45) is 1.86. The van der Waals surface area contributed by atoms with E-state index < -0.39 is 11.9 Å². The van der Waals surface area contributed by atoms with Gasteiger partial charge < -0.3 is 10.4 Å². The molecule has 1 unspecified atom stereocenters. The average Bonchev–Trinajstić information content (AvgIpc) is 2.84. The maximum atomic E-state index is 12.2. The molecule has 6 heteroatoms. The van der Waals surface area contributed by atoms with Crippen molar-refractivity contribution in [2.24, 2.45) is 0 Å². The number of nitriles is 1. The smallest absolute Gasteiger partial charge is 0.335 e. The fraction of sp³-hybridized carbons (Fsp3) is 0.176. The monoisotopic (exact) mass is 307 g/mol. The van der Waals surface area contributed by atoms with Crippen LogP contribution in [0.5, 0.6) is 0 Å². The van der Waals surface area contributed by atoms with Crippen molar-refractivity contribution in [3.63, 3.8) is 0 Å². The normalized spacial score (nSPS) is 15.7. The number of carbonyl (C=O) groups excluding carboxylic acids is 1. The first-order valence-corrected chi connectivity index (χ1v) is 7.03.